The zero-order chi connectivity index (χ0) is 8.27. The van der Waals surface area contributed by atoms with E-state index in [4.69, 9.17) is 5.21 Å². The van der Waals surface area contributed by atoms with Crippen LogP contribution in [0, 0.1) is 0 Å². The minimum absolute atomic E-state index is 0.758. The van der Waals surface area contributed by atoms with Crippen LogP contribution in [0.1, 0.15) is 0 Å². The molecule has 3 nitrogen and oxygen atoms in total. The Labute approximate surface area is 65.6 Å². The van der Waals surface area contributed by atoms with Crippen LogP contribution in [0.5, 0.6) is 0 Å². The molecule has 0 unspecified atom stereocenters. The summed E-state index contributed by atoms with van der Waals surface area (Å²) >= 11 is 0. The Hall–Kier alpha value is -1.51. The maximum Gasteiger partial charge on any atom is 0.245 e. The van der Waals surface area contributed by atoms with Gasteiger partial charge in [-0.1, -0.05) is 6.58 Å². The Balaban J connectivity index is 2.94. The third kappa shape index (κ3) is 1.97. The summed E-state index contributed by atoms with van der Waals surface area (Å²) < 4.78 is 0.980. The van der Waals surface area contributed by atoms with E-state index < -0.39 is 0 Å². The van der Waals surface area contributed by atoms with Gasteiger partial charge in [0.15, 0.2) is 0 Å². The van der Waals surface area contributed by atoms with Crippen molar-refractivity contribution in [1.82, 2.24) is 5.32 Å². The molecule has 0 amide bonds. The van der Waals surface area contributed by atoms with Gasteiger partial charge in [0, 0.05) is 17.4 Å². The van der Waals surface area contributed by atoms with Crippen molar-refractivity contribution in [2.45, 2.75) is 0 Å². The van der Waals surface area contributed by atoms with Crippen molar-refractivity contribution in [3.8, 4) is 0 Å². The number of hydrogen-bond donors (Lipinski definition) is 2. The average molecular weight is 151 g/mol. The molecular weight excluding hydrogens is 140 g/mol. The van der Waals surface area contributed by atoms with Gasteiger partial charge in [0.1, 0.15) is 5.70 Å². The third-order valence-corrected chi connectivity index (χ3v) is 1.34. The average Bonchev–Trinajstić information content (AvgIpc) is 2.11. The summed E-state index contributed by atoms with van der Waals surface area (Å²) in [4.78, 5) is 0. The minimum atomic E-state index is 0.758. The molecule has 0 aliphatic carbocycles. The van der Waals surface area contributed by atoms with Gasteiger partial charge in [-0.15, -0.1) is 0 Å². The van der Waals surface area contributed by atoms with E-state index in [-0.39, 0.29) is 0 Å². The van der Waals surface area contributed by atoms with Gasteiger partial charge in [0.25, 0.3) is 0 Å². The molecule has 0 radical (unpaired) electrons. The van der Waals surface area contributed by atoms with Crippen molar-refractivity contribution in [3.05, 3.63) is 36.2 Å². The summed E-state index contributed by atoms with van der Waals surface area (Å²) in [5.74, 6) is 0. The zero-order valence-corrected chi connectivity index (χ0v) is 6.41. The molecule has 11 heavy (non-hydrogen) atoms. The van der Waals surface area contributed by atoms with Crippen LogP contribution in [0.25, 0.3) is 0 Å². The van der Waals surface area contributed by atoms with Crippen molar-refractivity contribution >= 4 is 6.21 Å². The van der Waals surface area contributed by atoms with Crippen LogP contribution in [-0.2, 0) is 0 Å². The Morgan fingerprint density at radius 1 is 1.55 bits per heavy atom. The van der Waals surface area contributed by atoms with Gasteiger partial charge in [0.2, 0.25) is 12.4 Å². The van der Waals surface area contributed by atoms with E-state index in [0.29, 0.717) is 0 Å². The monoisotopic (exact) mass is 151 g/mol. The molecule has 0 fully saturated rings. The van der Waals surface area contributed by atoms with Crippen molar-refractivity contribution in [1.29, 1.82) is 0 Å². The summed E-state index contributed by atoms with van der Waals surface area (Å²) in [7, 11) is 1.79. The van der Waals surface area contributed by atoms with Crippen molar-refractivity contribution in [2.75, 3.05) is 7.05 Å². The zero-order valence-electron chi connectivity index (χ0n) is 6.41. The SMILES string of the molecule is C=C1C=CC(NC)=C[N+](O)=C1. The first kappa shape index (κ1) is 7.60. The molecule has 1 rings (SSSR count). The number of likely N-dealkylation sites (N-methyl/N-ethyl adjacent to an activating group) is 1. The predicted molar refractivity (Wildman–Crippen MR) is 43.5 cm³/mol. The quantitative estimate of drug-likeness (QED) is 0.426. The van der Waals surface area contributed by atoms with E-state index >= 15 is 0 Å². The van der Waals surface area contributed by atoms with E-state index in [1.54, 1.807) is 13.2 Å². The van der Waals surface area contributed by atoms with Gasteiger partial charge in [-0.25, -0.2) is 0 Å². The largest absolute Gasteiger partial charge is 0.383 e. The van der Waals surface area contributed by atoms with Gasteiger partial charge >= 0.3 is 0 Å². The highest BCUT2D eigenvalue weighted by molar-refractivity contribution is 5.78. The fraction of sp³-hybridized carbons (Fsp3) is 0.125. The van der Waals surface area contributed by atoms with Crippen LogP contribution in [0.4, 0.5) is 0 Å². The molecule has 0 aromatic rings. The number of allylic oxidation sites excluding steroid dienone is 3. The number of nitrogens with zero attached hydrogens (tertiary/aromatic N) is 1. The predicted octanol–water partition coefficient (Wildman–Crippen LogP) is 0.646. The molecule has 0 atom stereocenters. The second-order valence-corrected chi connectivity index (χ2v) is 2.25. The summed E-state index contributed by atoms with van der Waals surface area (Å²) in [6, 6.07) is 0. The van der Waals surface area contributed by atoms with Crippen LogP contribution >= 0.6 is 0 Å². The van der Waals surface area contributed by atoms with Crippen LogP contribution < -0.4 is 5.32 Å². The number of hydrogen-bond acceptors (Lipinski definition) is 2. The number of nitrogens with one attached hydrogen (secondary N) is 1. The Morgan fingerprint density at radius 3 is 2.91 bits per heavy atom. The lowest BCUT2D eigenvalue weighted by atomic mass is 10.3. The normalized spacial score (nSPS) is 17.0. The van der Waals surface area contributed by atoms with Gasteiger partial charge in [0.05, 0.1) is 0 Å². The topological polar surface area (TPSA) is 35.3 Å². The fourth-order valence-electron chi connectivity index (χ4n) is 0.780. The van der Waals surface area contributed by atoms with Crippen LogP contribution in [-0.4, -0.2) is 23.2 Å². The number of hydroxylamine groups is 1. The maximum absolute atomic E-state index is 9.12. The molecule has 0 spiro atoms. The molecule has 2 N–H and O–H groups in total. The van der Waals surface area contributed by atoms with Gasteiger partial charge < -0.3 is 5.32 Å². The van der Waals surface area contributed by atoms with Crippen molar-refractivity contribution < 1.29 is 9.95 Å². The first-order chi connectivity index (χ1) is 5.22. The minimum Gasteiger partial charge on any atom is -0.383 e. The van der Waals surface area contributed by atoms with E-state index in [0.717, 1.165) is 16.0 Å². The van der Waals surface area contributed by atoms with Crippen molar-refractivity contribution in [3.63, 3.8) is 0 Å². The van der Waals surface area contributed by atoms with Gasteiger partial charge in [-0.2, -0.15) is 0 Å². The molecule has 0 aromatic heterocycles. The fourth-order valence-corrected chi connectivity index (χ4v) is 0.780. The molecular formula is C8H11N2O+. The molecule has 1 aliphatic rings. The van der Waals surface area contributed by atoms with E-state index in [2.05, 4.69) is 11.9 Å². The second-order valence-electron chi connectivity index (χ2n) is 2.25. The molecule has 58 valence electrons. The molecule has 0 bridgehead atoms. The summed E-state index contributed by atoms with van der Waals surface area (Å²) in [6.07, 6.45) is 6.75. The highest BCUT2D eigenvalue weighted by atomic mass is 16.5. The lowest BCUT2D eigenvalue weighted by Crippen LogP contribution is -2.06. The molecule has 3 heteroatoms. The summed E-state index contributed by atoms with van der Waals surface area (Å²) in [5, 5.41) is 12.0. The molecule has 0 saturated heterocycles. The lowest BCUT2D eigenvalue weighted by Gasteiger charge is -1.92. The van der Waals surface area contributed by atoms with Gasteiger partial charge in [-0.05, 0) is 12.2 Å². The highest BCUT2D eigenvalue weighted by Crippen LogP contribution is 1.99. The summed E-state index contributed by atoms with van der Waals surface area (Å²) in [6.45, 7) is 3.69. The lowest BCUT2D eigenvalue weighted by molar-refractivity contribution is -0.722. The molecule has 1 heterocycles. The molecule has 0 saturated carbocycles. The smallest absolute Gasteiger partial charge is 0.245 e. The molecule has 1 aliphatic heterocycles. The Bertz CT molecular complexity index is 261. The Morgan fingerprint density at radius 2 is 2.27 bits per heavy atom. The van der Waals surface area contributed by atoms with E-state index in [1.165, 1.54) is 6.21 Å². The number of rotatable bonds is 1. The molecule has 0 aromatic carbocycles. The van der Waals surface area contributed by atoms with Gasteiger partial charge in [-0.3, -0.25) is 5.21 Å². The first-order valence-electron chi connectivity index (χ1n) is 3.31. The highest BCUT2D eigenvalue weighted by Gasteiger charge is 2.03. The van der Waals surface area contributed by atoms with E-state index in [1.807, 2.05) is 12.2 Å². The summed E-state index contributed by atoms with van der Waals surface area (Å²) in [5.41, 5.74) is 1.59. The second kappa shape index (κ2) is 3.05. The third-order valence-electron chi connectivity index (χ3n) is 1.34. The van der Waals surface area contributed by atoms with Crippen LogP contribution in [0.3, 0.4) is 0 Å². The Kier molecular flexibility index (Phi) is 2.11. The maximum atomic E-state index is 9.12. The standard InChI is InChI=1S/C8H11N2O/c1-7-3-4-8(9-2)6-10(11)5-7/h3-6,9,11H,1H2,2H3/q+1. The van der Waals surface area contributed by atoms with Crippen molar-refractivity contribution in [2.24, 2.45) is 0 Å². The first-order valence-corrected chi connectivity index (χ1v) is 3.31. The van der Waals surface area contributed by atoms with Crippen LogP contribution in [0.2, 0.25) is 0 Å². The van der Waals surface area contributed by atoms with E-state index in [9.17, 15) is 0 Å². The van der Waals surface area contributed by atoms with Crippen LogP contribution in [0.15, 0.2) is 36.2 Å².